The lowest BCUT2D eigenvalue weighted by atomic mass is 9.77. The summed E-state index contributed by atoms with van der Waals surface area (Å²) in [4.78, 5) is 30.8. The number of hydrogen-bond acceptors (Lipinski definition) is 9. The van der Waals surface area contributed by atoms with Gasteiger partial charge in [0, 0.05) is 25.5 Å². The maximum Gasteiger partial charge on any atom is 0.511 e. The van der Waals surface area contributed by atoms with Crippen LogP contribution in [0.3, 0.4) is 0 Å². The number of esters is 1. The fourth-order valence-electron chi connectivity index (χ4n) is 8.46. The van der Waals surface area contributed by atoms with Gasteiger partial charge in [-0.1, -0.05) is 171 Å². The zero-order valence-electron chi connectivity index (χ0n) is 34.9. The van der Waals surface area contributed by atoms with Crippen LogP contribution in [0.4, 0.5) is 4.79 Å². The molecule has 2 aromatic heterocycles. The minimum Gasteiger partial charge on any atom is -0.431 e. The minimum atomic E-state index is -1.20. The van der Waals surface area contributed by atoms with Gasteiger partial charge in [0.15, 0.2) is 16.7 Å². The van der Waals surface area contributed by atoms with Gasteiger partial charge in [0.2, 0.25) is 6.29 Å². The molecule has 316 valence electrons. The number of aryl methyl sites for hydroxylation is 1. The highest BCUT2D eigenvalue weighted by atomic mass is 35.5. The number of halogens is 1. The molecule has 0 amide bonds. The van der Waals surface area contributed by atoms with Crippen LogP contribution in [-0.2, 0) is 32.7 Å². The summed E-state index contributed by atoms with van der Waals surface area (Å²) in [7, 11) is 0. The van der Waals surface area contributed by atoms with Gasteiger partial charge < -0.3 is 18.8 Å². The predicted octanol–water partition coefficient (Wildman–Crippen LogP) is 11.1. The van der Waals surface area contributed by atoms with Crippen LogP contribution in [-0.4, -0.2) is 54.3 Å². The van der Waals surface area contributed by atoms with Crippen molar-refractivity contribution in [1.82, 2.24) is 29.8 Å². The van der Waals surface area contributed by atoms with Crippen molar-refractivity contribution in [2.45, 2.75) is 89.7 Å². The van der Waals surface area contributed by atoms with Gasteiger partial charge in [0.05, 0.1) is 0 Å². The van der Waals surface area contributed by atoms with Gasteiger partial charge in [-0.3, -0.25) is 0 Å². The van der Waals surface area contributed by atoms with Crippen LogP contribution in [0, 0.1) is 0 Å². The molecular weight excluding hydrogens is 800 g/mol. The van der Waals surface area contributed by atoms with E-state index in [2.05, 4.69) is 71.7 Å². The molecule has 1 saturated carbocycles. The van der Waals surface area contributed by atoms with E-state index < -0.39 is 24.0 Å². The first-order chi connectivity index (χ1) is 30.4. The minimum absolute atomic E-state index is 0.0268. The second-order valence-corrected chi connectivity index (χ2v) is 15.9. The molecule has 1 aliphatic rings. The van der Waals surface area contributed by atoms with Crippen molar-refractivity contribution in [3.63, 3.8) is 0 Å². The zero-order chi connectivity index (χ0) is 42.9. The molecule has 7 aromatic rings. The lowest BCUT2D eigenvalue weighted by Gasteiger charge is -2.36. The lowest BCUT2D eigenvalue weighted by molar-refractivity contribution is -0.0918. The third-order valence-corrected chi connectivity index (χ3v) is 11.7. The second-order valence-electron chi connectivity index (χ2n) is 15.5. The highest BCUT2D eigenvalue weighted by Crippen LogP contribution is 2.43. The molecule has 0 N–H and O–H groups in total. The molecule has 1 atom stereocenters. The number of unbranched alkanes of at least 4 members (excludes halogenated alkanes) is 1. The molecule has 11 nitrogen and oxygen atoms in total. The molecule has 8 rings (SSSR count). The Hall–Kier alpha value is -6.59. The zero-order valence-corrected chi connectivity index (χ0v) is 35.7. The third kappa shape index (κ3) is 8.90. The number of ether oxygens (including phenoxy) is 3. The van der Waals surface area contributed by atoms with E-state index >= 15 is 0 Å². The highest BCUT2D eigenvalue weighted by Gasteiger charge is 2.42. The molecule has 1 unspecified atom stereocenters. The third-order valence-electron chi connectivity index (χ3n) is 11.4. The Kier molecular flexibility index (Phi) is 13.2. The molecule has 1 fully saturated rings. The van der Waals surface area contributed by atoms with E-state index in [0.717, 1.165) is 83.9 Å². The van der Waals surface area contributed by atoms with Gasteiger partial charge in [-0.2, -0.15) is 0 Å². The Morgan fingerprint density at radius 1 is 0.758 bits per heavy atom. The largest absolute Gasteiger partial charge is 0.511 e. The Labute approximate surface area is 366 Å². The topological polar surface area (TPSA) is 123 Å². The molecule has 62 heavy (non-hydrogen) atoms. The molecule has 0 saturated heterocycles. The first-order valence-electron chi connectivity index (χ1n) is 21.3. The van der Waals surface area contributed by atoms with Crippen LogP contribution >= 0.6 is 11.6 Å². The molecular formula is C50H49ClN6O5. The monoisotopic (exact) mass is 848 g/mol. The normalized spacial score (nSPS) is 13.7. The second kappa shape index (κ2) is 19.4. The summed E-state index contributed by atoms with van der Waals surface area (Å²) in [5.74, 6) is 0.511. The Morgan fingerprint density at radius 3 is 1.94 bits per heavy atom. The van der Waals surface area contributed by atoms with Crippen molar-refractivity contribution < 1.29 is 23.8 Å². The lowest BCUT2D eigenvalue weighted by Crippen LogP contribution is -2.39. The quantitative estimate of drug-likeness (QED) is 0.0563. The first kappa shape index (κ1) is 42.1. The van der Waals surface area contributed by atoms with Crippen molar-refractivity contribution in [3.8, 4) is 22.5 Å². The average Bonchev–Trinajstić information content (AvgIpc) is 3.91. The SMILES string of the molecule is CCCCc1nc(Cl)c(C(=O)OC(C)OC(=O)OC2CCCCC2)n1Cc1ccc(-c2ccccc2-c2nnnn2C(c2ccccc2)(c2ccccc2)c2ccccc2)cc1. The Bertz CT molecular complexity index is 2480. The van der Waals surface area contributed by atoms with Gasteiger partial charge in [-0.15, -0.1) is 5.10 Å². The van der Waals surface area contributed by atoms with Gasteiger partial charge >= 0.3 is 12.1 Å². The van der Waals surface area contributed by atoms with E-state index in [4.69, 9.17) is 36.1 Å². The molecule has 0 aliphatic heterocycles. The molecule has 12 heteroatoms. The summed E-state index contributed by atoms with van der Waals surface area (Å²) in [6.07, 6.45) is 4.87. The number of rotatable bonds is 15. The standard InChI is InChI=1S/C50H49ClN6O5/c1-3-4-29-44-52-46(51)45(48(58)60-35(2)61-49(59)62-41-25-15-8-16-26-41)56(44)34-36-30-32-37(33-31-36)42-27-17-18-28-43(42)47-53-54-55-57(47)50(38-19-9-5-10-20-38,39-21-11-6-12-22-39)40-23-13-7-14-24-40/h5-7,9-14,17-24,27-28,30-33,35,41H,3-4,8,15-16,25-26,29,34H2,1-2H3. The summed E-state index contributed by atoms with van der Waals surface area (Å²) < 4.78 is 20.1. The summed E-state index contributed by atoms with van der Waals surface area (Å²) in [6, 6.07) is 47.2. The number of carbonyl (C=O) groups is 2. The Balaban J connectivity index is 1.10. The fourth-order valence-corrected chi connectivity index (χ4v) is 8.74. The number of benzene rings is 5. The number of carbonyl (C=O) groups excluding carboxylic acids is 2. The van der Waals surface area contributed by atoms with Crippen LogP contribution in [0.25, 0.3) is 22.5 Å². The van der Waals surface area contributed by atoms with E-state index in [9.17, 15) is 9.59 Å². The number of aromatic nitrogens is 6. The van der Waals surface area contributed by atoms with Crippen LogP contribution in [0.15, 0.2) is 140 Å². The molecule has 2 heterocycles. The van der Waals surface area contributed by atoms with Crippen LogP contribution < -0.4 is 0 Å². The van der Waals surface area contributed by atoms with Crippen molar-refractivity contribution >= 4 is 23.7 Å². The number of imidazole rings is 1. The van der Waals surface area contributed by atoms with Crippen LogP contribution in [0.5, 0.6) is 0 Å². The molecule has 1 aliphatic carbocycles. The first-order valence-corrected chi connectivity index (χ1v) is 21.7. The fraction of sp³-hybridized carbons (Fsp3) is 0.280. The number of tetrazole rings is 1. The van der Waals surface area contributed by atoms with Crippen molar-refractivity contribution in [1.29, 1.82) is 0 Å². The van der Waals surface area contributed by atoms with E-state index in [1.54, 1.807) is 4.57 Å². The van der Waals surface area contributed by atoms with E-state index in [0.29, 0.717) is 24.6 Å². The highest BCUT2D eigenvalue weighted by molar-refractivity contribution is 6.32. The summed E-state index contributed by atoms with van der Waals surface area (Å²) in [5.41, 5.74) is 5.85. The van der Waals surface area contributed by atoms with Crippen LogP contribution in [0.1, 0.15) is 97.4 Å². The number of nitrogens with zero attached hydrogens (tertiary/aromatic N) is 6. The van der Waals surface area contributed by atoms with E-state index in [-0.39, 0.29) is 17.0 Å². The van der Waals surface area contributed by atoms with Gasteiger partial charge in [-0.05, 0) is 75.9 Å². The maximum atomic E-state index is 13.7. The van der Waals surface area contributed by atoms with E-state index in [1.165, 1.54) is 6.92 Å². The van der Waals surface area contributed by atoms with Crippen LogP contribution in [0.2, 0.25) is 5.15 Å². The molecule has 0 bridgehead atoms. The maximum absolute atomic E-state index is 13.7. The molecule has 0 spiro atoms. The summed E-state index contributed by atoms with van der Waals surface area (Å²) >= 11 is 6.66. The molecule has 5 aromatic carbocycles. The smallest absolute Gasteiger partial charge is 0.431 e. The van der Waals surface area contributed by atoms with Gasteiger partial charge in [0.25, 0.3) is 0 Å². The van der Waals surface area contributed by atoms with Crippen molar-refractivity contribution in [2.24, 2.45) is 0 Å². The average molecular weight is 849 g/mol. The van der Waals surface area contributed by atoms with E-state index in [1.807, 2.05) is 89.6 Å². The van der Waals surface area contributed by atoms with Gasteiger partial charge in [0.1, 0.15) is 17.5 Å². The predicted molar refractivity (Wildman–Crippen MR) is 238 cm³/mol. The van der Waals surface area contributed by atoms with Crippen molar-refractivity contribution in [3.05, 3.63) is 178 Å². The number of hydrogen-bond donors (Lipinski definition) is 0. The summed E-state index contributed by atoms with van der Waals surface area (Å²) in [6.45, 7) is 3.87. The van der Waals surface area contributed by atoms with Gasteiger partial charge in [-0.25, -0.2) is 19.3 Å². The summed E-state index contributed by atoms with van der Waals surface area (Å²) in [5, 5.41) is 13.8. The Morgan fingerprint density at radius 2 is 1.34 bits per heavy atom. The molecule has 0 radical (unpaired) electrons. The van der Waals surface area contributed by atoms with Crippen molar-refractivity contribution in [2.75, 3.05) is 0 Å².